The topological polar surface area (TPSA) is 111 Å². The minimum atomic E-state index is -2.09. The van der Waals surface area contributed by atoms with Gasteiger partial charge in [-0.3, -0.25) is 4.57 Å². The second-order valence-electron chi connectivity index (χ2n) is 5.20. The average Bonchev–Trinajstić information content (AvgIpc) is 2.73. The first kappa shape index (κ1) is 13.2. The van der Waals surface area contributed by atoms with Crippen molar-refractivity contribution in [3.05, 3.63) is 34.9 Å². The number of alkyl halides is 1. The van der Waals surface area contributed by atoms with Crippen molar-refractivity contribution in [2.75, 3.05) is 5.73 Å². The first-order chi connectivity index (χ1) is 9.26. The fourth-order valence-corrected chi connectivity index (χ4v) is 2.91. The third-order valence-corrected chi connectivity index (χ3v) is 4.05. The summed E-state index contributed by atoms with van der Waals surface area (Å²) in [7, 11) is 0. The Bertz CT molecular complexity index is 662. The molecule has 7 nitrogen and oxygen atoms in total. The second kappa shape index (κ2) is 3.66. The minimum absolute atomic E-state index is 0.00169. The van der Waals surface area contributed by atoms with Crippen LogP contribution in [0.3, 0.4) is 0 Å². The second-order valence-corrected chi connectivity index (χ2v) is 5.20. The summed E-state index contributed by atoms with van der Waals surface area (Å²) in [5, 5.41) is 20.0. The summed E-state index contributed by atoms with van der Waals surface area (Å²) in [6.45, 7) is 5.12. The van der Waals surface area contributed by atoms with Crippen molar-refractivity contribution in [1.29, 1.82) is 0 Å². The number of aliphatic hydroxyl groups excluding tert-OH is 1. The Morgan fingerprint density at radius 2 is 2.35 bits per heavy atom. The summed E-state index contributed by atoms with van der Waals surface area (Å²) in [4.78, 5) is 15.2. The Hall–Kier alpha value is -1.77. The first-order valence-electron chi connectivity index (χ1n) is 5.99. The molecule has 3 rings (SSSR count). The van der Waals surface area contributed by atoms with Gasteiger partial charge in [0.05, 0.1) is 0 Å². The first-order valence-corrected chi connectivity index (χ1v) is 5.99. The molecule has 2 fully saturated rings. The molecule has 0 amide bonds. The number of hydrogen-bond donors (Lipinski definition) is 3. The van der Waals surface area contributed by atoms with Crippen LogP contribution in [0.25, 0.3) is 0 Å². The van der Waals surface area contributed by atoms with Gasteiger partial charge in [0.2, 0.25) is 0 Å². The highest BCUT2D eigenvalue weighted by atomic mass is 19.1. The molecule has 2 aliphatic rings. The fourth-order valence-electron chi connectivity index (χ4n) is 2.91. The van der Waals surface area contributed by atoms with E-state index in [4.69, 9.17) is 10.5 Å². The van der Waals surface area contributed by atoms with E-state index in [9.17, 15) is 19.4 Å². The van der Waals surface area contributed by atoms with Gasteiger partial charge in [0, 0.05) is 6.20 Å². The maximum Gasteiger partial charge on any atom is 0.351 e. The van der Waals surface area contributed by atoms with Crippen LogP contribution < -0.4 is 11.4 Å². The molecule has 8 heteroatoms. The van der Waals surface area contributed by atoms with Crippen molar-refractivity contribution in [1.82, 2.24) is 9.55 Å². The molecule has 1 aliphatic heterocycles. The molecule has 0 aromatic carbocycles. The average molecular weight is 283 g/mol. The Labute approximate surface area is 113 Å². The number of halogens is 1. The summed E-state index contributed by atoms with van der Waals surface area (Å²) in [6.07, 6.45) is -3.55. The maximum absolute atomic E-state index is 14.4. The molecular formula is C12H14FN3O4. The molecule has 0 bridgehead atoms. The molecule has 5 unspecified atom stereocenters. The predicted molar refractivity (Wildman–Crippen MR) is 66.4 cm³/mol. The number of nitrogens with zero attached hydrogens (tertiary/aromatic N) is 2. The van der Waals surface area contributed by atoms with E-state index in [1.165, 1.54) is 19.2 Å². The highest BCUT2D eigenvalue weighted by Crippen LogP contribution is 2.66. The van der Waals surface area contributed by atoms with Gasteiger partial charge in [-0.2, -0.15) is 4.98 Å². The molecule has 108 valence electrons. The summed E-state index contributed by atoms with van der Waals surface area (Å²) >= 11 is 0. The van der Waals surface area contributed by atoms with Crippen molar-refractivity contribution < 1.29 is 19.3 Å². The third kappa shape index (κ3) is 1.23. The van der Waals surface area contributed by atoms with Crippen LogP contribution in [0.1, 0.15) is 13.2 Å². The molecular weight excluding hydrogens is 269 g/mol. The van der Waals surface area contributed by atoms with Crippen LogP contribution in [0, 0.1) is 0 Å². The van der Waals surface area contributed by atoms with E-state index in [2.05, 4.69) is 11.6 Å². The number of nitrogen functional groups attached to an aromatic ring is 1. The highest BCUT2D eigenvalue weighted by molar-refractivity contribution is 5.45. The van der Waals surface area contributed by atoms with Crippen LogP contribution in [0.5, 0.6) is 0 Å². The molecule has 4 N–H and O–H groups in total. The molecule has 1 saturated carbocycles. The van der Waals surface area contributed by atoms with Gasteiger partial charge in [0.1, 0.15) is 11.9 Å². The molecule has 0 spiro atoms. The molecule has 1 aromatic rings. The van der Waals surface area contributed by atoms with Gasteiger partial charge in [-0.1, -0.05) is 6.58 Å². The lowest BCUT2D eigenvalue weighted by Gasteiger charge is -2.22. The number of aromatic nitrogens is 2. The molecule has 0 radical (unpaired) electrons. The maximum atomic E-state index is 14.4. The molecule has 20 heavy (non-hydrogen) atoms. The zero-order valence-electron chi connectivity index (χ0n) is 10.7. The SMILES string of the molecule is C=C(C)C12OC(n3ccc(N)nc3=O)C(F)C1(O)C2O. The molecule has 5 atom stereocenters. The molecule has 2 heterocycles. The number of aliphatic hydroxyl groups is 2. The third-order valence-electron chi connectivity index (χ3n) is 4.05. The van der Waals surface area contributed by atoms with E-state index in [0.717, 1.165) is 4.57 Å². The predicted octanol–water partition coefficient (Wildman–Crippen LogP) is -0.887. The summed E-state index contributed by atoms with van der Waals surface area (Å²) < 4.78 is 20.8. The van der Waals surface area contributed by atoms with E-state index < -0.39 is 35.4 Å². The Morgan fingerprint density at radius 1 is 1.70 bits per heavy atom. The van der Waals surface area contributed by atoms with Crippen LogP contribution in [-0.2, 0) is 4.74 Å². The van der Waals surface area contributed by atoms with E-state index in [1.807, 2.05) is 0 Å². The molecule has 1 saturated heterocycles. The minimum Gasteiger partial charge on any atom is -0.386 e. The van der Waals surface area contributed by atoms with E-state index >= 15 is 0 Å². The lowest BCUT2D eigenvalue weighted by molar-refractivity contribution is -0.0827. The largest absolute Gasteiger partial charge is 0.386 e. The fraction of sp³-hybridized carbons (Fsp3) is 0.500. The zero-order valence-corrected chi connectivity index (χ0v) is 10.7. The number of fused-ring (bicyclic) bond motifs is 1. The molecule has 1 aliphatic carbocycles. The number of rotatable bonds is 2. The van der Waals surface area contributed by atoms with E-state index in [0.29, 0.717) is 0 Å². The van der Waals surface area contributed by atoms with Crippen LogP contribution in [0.15, 0.2) is 29.2 Å². The van der Waals surface area contributed by atoms with Gasteiger partial charge in [0.15, 0.2) is 23.6 Å². The van der Waals surface area contributed by atoms with E-state index in [1.54, 1.807) is 0 Å². The lowest BCUT2D eigenvalue weighted by Crippen LogP contribution is -2.38. The van der Waals surface area contributed by atoms with Gasteiger partial charge < -0.3 is 20.7 Å². The van der Waals surface area contributed by atoms with Crippen molar-refractivity contribution in [2.45, 2.75) is 36.6 Å². The number of ether oxygens (including phenoxy) is 1. The van der Waals surface area contributed by atoms with Crippen LogP contribution in [-0.4, -0.2) is 43.2 Å². The van der Waals surface area contributed by atoms with Gasteiger partial charge in [-0.05, 0) is 18.6 Å². The summed E-state index contributed by atoms with van der Waals surface area (Å²) in [5.41, 5.74) is 1.17. The normalized spacial score (nSPS) is 42.3. The van der Waals surface area contributed by atoms with Crippen LogP contribution in [0.2, 0.25) is 0 Å². The lowest BCUT2D eigenvalue weighted by atomic mass is 10.1. The summed E-state index contributed by atoms with van der Waals surface area (Å²) in [5.74, 6) is -0.00169. The molecule has 1 aromatic heterocycles. The number of hydrogen-bond acceptors (Lipinski definition) is 6. The van der Waals surface area contributed by atoms with Gasteiger partial charge >= 0.3 is 5.69 Å². The van der Waals surface area contributed by atoms with E-state index in [-0.39, 0.29) is 11.4 Å². The van der Waals surface area contributed by atoms with Crippen molar-refractivity contribution in [2.24, 2.45) is 0 Å². The number of nitrogens with two attached hydrogens (primary N) is 1. The smallest absolute Gasteiger partial charge is 0.351 e. The van der Waals surface area contributed by atoms with Gasteiger partial charge in [-0.25, -0.2) is 9.18 Å². The van der Waals surface area contributed by atoms with Crippen LogP contribution >= 0.6 is 0 Å². The zero-order chi connectivity index (χ0) is 14.9. The Morgan fingerprint density at radius 3 is 2.85 bits per heavy atom. The Kier molecular flexibility index (Phi) is 2.42. The Balaban J connectivity index is 2.04. The quantitative estimate of drug-likeness (QED) is 0.607. The van der Waals surface area contributed by atoms with Crippen LogP contribution in [0.4, 0.5) is 10.2 Å². The summed E-state index contributed by atoms with van der Waals surface area (Å²) in [6, 6.07) is 1.31. The standard InChI is InChI=1S/C12H14FN3O4/c1-5(2)12-9(17)11(12,19)7(13)8(20-12)16-4-3-6(14)15-10(16)18/h3-4,7-9,17,19H,1H2,2H3,(H2,14,15,18). The monoisotopic (exact) mass is 283 g/mol. The van der Waals surface area contributed by atoms with Crippen molar-refractivity contribution >= 4 is 5.82 Å². The van der Waals surface area contributed by atoms with Gasteiger partial charge in [0.25, 0.3) is 0 Å². The number of anilines is 1. The highest BCUT2D eigenvalue weighted by Gasteiger charge is 2.88. The van der Waals surface area contributed by atoms with Gasteiger partial charge in [-0.15, -0.1) is 0 Å². The van der Waals surface area contributed by atoms with Crippen molar-refractivity contribution in [3.8, 4) is 0 Å². The van der Waals surface area contributed by atoms with Crippen molar-refractivity contribution in [3.63, 3.8) is 0 Å².